The first-order valence-corrected chi connectivity index (χ1v) is 5.60. The Morgan fingerprint density at radius 2 is 1.95 bits per heavy atom. The van der Waals surface area contributed by atoms with Crippen LogP contribution in [-0.2, 0) is 0 Å². The number of amidine groups is 1. The molecule has 0 aliphatic heterocycles. The van der Waals surface area contributed by atoms with E-state index >= 15 is 0 Å². The molecule has 0 fully saturated rings. The van der Waals surface area contributed by atoms with Crippen LogP contribution in [0.15, 0.2) is 29.4 Å². The van der Waals surface area contributed by atoms with Crippen molar-refractivity contribution in [3.63, 3.8) is 0 Å². The largest absolute Gasteiger partial charge is 0.497 e. The van der Waals surface area contributed by atoms with Gasteiger partial charge in [0.05, 0.1) is 12.6 Å². The van der Waals surface area contributed by atoms with Gasteiger partial charge in [0.1, 0.15) is 5.75 Å². The van der Waals surface area contributed by atoms with Crippen molar-refractivity contribution in [3.8, 4) is 5.75 Å². The molecule has 0 aromatic heterocycles. The first-order valence-electron chi connectivity index (χ1n) is 5.60. The molecule has 7 heteroatoms. The molecule has 1 rings (SSSR count). The van der Waals surface area contributed by atoms with Crippen molar-refractivity contribution >= 4 is 17.6 Å². The number of amides is 2. The second kappa shape index (κ2) is 5.94. The molecule has 0 heterocycles. The highest BCUT2D eigenvalue weighted by molar-refractivity contribution is 5.96. The maximum absolute atomic E-state index is 11.8. The summed E-state index contributed by atoms with van der Waals surface area (Å²) in [6.45, 7) is 3.24. The van der Waals surface area contributed by atoms with Gasteiger partial charge in [-0.3, -0.25) is 0 Å². The Hall–Kier alpha value is -2.44. The summed E-state index contributed by atoms with van der Waals surface area (Å²) in [4.78, 5) is 11.8. The van der Waals surface area contributed by atoms with Crippen LogP contribution in [0.3, 0.4) is 0 Å². The van der Waals surface area contributed by atoms with Gasteiger partial charge in [-0.2, -0.15) is 0 Å². The summed E-state index contributed by atoms with van der Waals surface area (Å²) in [7, 11) is 1.56. The van der Waals surface area contributed by atoms with Crippen LogP contribution in [0.5, 0.6) is 5.75 Å². The van der Waals surface area contributed by atoms with E-state index in [1.807, 2.05) is 0 Å². The monoisotopic (exact) mass is 266 g/mol. The van der Waals surface area contributed by atoms with Gasteiger partial charge in [0, 0.05) is 5.69 Å². The topological polar surface area (TPSA) is 109 Å². The summed E-state index contributed by atoms with van der Waals surface area (Å²) in [5.74, 6) is 0.611. The molecule has 19 heavy (non-hydrogen) atoms. The molecule has 5 N–H and O–H groups in total. The molecule has 2 amide bonds. The molecule has 0 saturated carbocycles. The van der Waals surface area contributed by atoms with Gasteiger partial charge >= 0.3 is 6.03 Å². The summed E-state index contributed by atoms with van der Waals surface area (Å²) < 4.78 is 5.01. The normalized spacial score (nSPS) is 11.8. The fourth-order valence-electron chi connectivity index (χ4n) is 1.31. The second-order valence-electron chi connectivity index (χ2n) is 4.42. The predicted octanol–water partition coefficient (Wildman–Crippen LogP) is 1.34. The Bertz CT molecular complexity index is 468. The quantitative estimate of drug-likeness (QED) is 0.285. The molecular weight excluding hydrogens is 248 g/mol. The summed E-state index contributed by atoms with van der Waals surface area (Å²) in [6.07, 6.45) is 0. The number of ether oxygens (including phenoxy) is 1. The number of hydrogen-bond acceptors (Lipinski definition) is 4. The minimum absolute atomic E-state index is 0.0858. The van der Waals surface area contributed by atoms with E-state index in [2.05, 4.69) is 15.8 Å². The number of carbonyl (C=O) groups is 1. The number of rotatable bonds is 4. The molecule has 0 radical (unpaired) electrons. The first kappa shape index (κ1) is 14.6. The maximum atomic E-state index is 11.8. The van der Waals surface area contributed by atoms with Crippen molar-refractivity contribution < 1.29 is 14.7 Å². The molecule has 0 bridgehead atoms. The highest BCUT2D eigenvalue weighted by atomic mass is 16.5. The minimum Gasteiger partial charge on any atom is -0.497 e. The Labute approximate surface area is 111 Å². The van der Waals surface area contributed by atoms with Crippen LogP contribution >= 0.6 is 0 Å². The lowest BCUT2D eigenvalue weighted by Crippen LogP contribution is -2.54. The van der Waals surface area contributed by atoms with Crippen LogP contribution in [0.4, 0.5) is 10.5 Å². The number of oxime groups is 1. The summed E-state index contributed by atoms with van der Waals surface area (Å²) in [5, 5.41) is 16.7. The standard InChI is InChI=1S/C12H18N4O3/c1-12(2,10(13)16-18)15-11(17)14-8-4-6-9(19-3)7-5-8/h4-7,18H,1-3H3,(H2,13,16)(H2,14,15,17). The van der Waals surface area contributed by atoms with E-state index < -0.39 is 11.6 Å². The van der Waals surface area contributed by atoms with E-state index in [1.54, 1.807) is 45.2 Å². The lowest BCUT2D eigenvalue weighted by Gasteiger charge is -2.24. The lowest BCUT2D eigenvalue weighted by molar-refractivity contribution is 0.246. The molecule has 0 aliphatic rings. The summed E-state index contributed by atoms with van der Waals surface area (Å²) in [5.41, 5.74) is 5.12. The molecule has 1 aromatic rings. The molecule has 0 aliphatic carbocycles. The minimum atomic E-state index is -0.953. The van der Waals surface area contributed by atoms with E-state index in [4.69, 9.17) is 15.7 Å². The van der Waals surface area contributed by atoms with Crippen molar-refractivity contribution in [1.29, 1.82) is 0 Å². The Morgan fingerprint density at radius 3 is 2.42 bits per heavy atom. The van der Waals surface area contributed by atoms with Crippen molar-refractivity contribution in [2.75, 3.05) is 12.4 Å². The number of carbonyl (C=O) groups excluding carboxylic acids is 1. The number of methoxy groups -OCH3 is 1. The summed E-state index contributed by atoms with van der Waals surface area (Å²) >= 11 is 0. The highest BCUT2D eigenvalue weighted by Gasteiger charge is 2.25. The third kappa shape index (κ3) is 4.06. The van der Waals surface area contributed by atoms with Crippen LogP contribution in [0, 0.1) is 0 Å². The van der Waals surface area contributed by atoms with Gasteiger partial charge in [-0.15, -0.1) is 0 Å². The number of hydrogen-bond donors (Lipinski definition) is 4. The fourth-order valence-corrected chi connectivity index (χ4v) is 1.31. The van der Waals surface area contributed by atoms with Crippen molar-refractivity contribution in [2.45, 2.75) is 19.4 Å². The average molecular weight is 266 g/mol. The van der Waals surface area contributed by atoms with Gasteiger partial charge < -0.3 is 26.3 Å². The van der Waals surface area contributed by atoms with Crippen LogP contribution in [-0.4, -0.2) is 29.7 Å². The molecule has 104 valence electrons. The zero-order chi connectivity index (χ0) is 14.5. The second-order valence-corrected chi connectivity index (χ2v) is 4.42. The van der Waals surface area contributed by atoms with Crippen LogP contribution in [0.2, 0.25) is 0 Å². The molecular formula is C12H18N4O3. The molecule has 0 atom stereocenters. The summed E-state index contributed by atoms with van der Waals surface area (Å²) in [6, 6.07) is 6.40. The zero-order valence-corrected chi connectivity index (χ0v) is 11.1. The van der Waals surface area contributed by atoms with E-state index in [1.165, 1.54) is 0 Å². The number of nitrogens with one attached hydrogen (secondary N) is 2. The third-order valence-corrected chi connectivity index (χ3v) is 2.52. The molecule has 0 saturated heterocycles. The van der Waals surface area contributed by atoms with Crippen LogP contribution in [0.25, 0.3) is 0 Å². The molecule has 1 aromatic carbocycles. The SMILES string of the molecule is COc1ccc(NC(=O)NC(C)(C)/C(N)=N/O)cc1. The van der Waals surface area contributed by atoms with Crippen LogP contribution < -0.4 is 21.1 Å². The van der Waals surface area contributed by atoms with Gasteiger partial charge in [0.15, 0.2) is 5.84 Å². The smallest absolute Gasteiger partial charge is 0.320 e. The Balaban J connectivity index is 2.64. The van der Waals surface area contributed by atoms with E-state index in [9.17, 15) is 4.79 Å². The Morgan fingerprint density at radius 1 is 1.37 bits per heavy atom. The van der Waals surface area contributed by atoms with Gasteiger partial charge in [0.2, 0.25) is 0 Å². The van der Waals surface area contributed by atoms with Crippen molar-refractivity contribution in [2.24, 2.45) is 10.9 Å². The number of nitrogens with zero attached hydrogens (tertiary/aromatic N) is 1. The van der Waals surface area contributed by atoms with Crippen molar-refractivity contribution in [3.05, 3.63) is 24.3 Å². The first-order chi connectivity index (χ1) is 8.89. The zero-order valence-electron chi connectivity index (χ0n) is 11.1. The molecule has 0 unspecified atom stereocenters. The maximum Gasteiger partial charge on any atom is 0.320 e. The predicted molar refractivity (Wildman–Crippen MR) is 72.6 cm³/mol. The van der Waals surface area contributed by atoms with Crippen LogP contribution in [0.1, 0.15) is 13.8 Å². The van der Waals surface area contributed by atoms with E-state index in [0.717, 1.165) is 0 Å². The van der Waals surface area contributed by atoms with Gasteiger partial charge in [0.25, 0.3) is 0 Å². The van der Waals surface area contributed by atoms with Gasteiger partial charge in [-0.05, 0) is 38.1 Å². The average Bonchev–Trinajstić information content (AvgIpc) is 2.37. The fraction of sp³-hybridized carbons (Fsp3) is 0.333. The Kier molecular flexibility index (Phi) is 4.57. The van der Waals surface area contributed by atoms with Gasteiger partial charge in [-0.25, -0.2) is 4.79 Å². The van der Waals surface area contributed by atoms with Crippen molar-refractivity contribution in [1.82, 2.24) is 5.32 Å². The highest BCUT2D eigenvalue weighted by Crippen LogP contribution is 2.15. The van der Waals surface area contributed by atoms with E-state index in [0.29, 0.717) is 11.4 Å². The number of urea groups is 1. The lowest BCUT2D eigenvalue weighted by atomic mass is 10.1. The molecule has 0 spiro atoms. The number of benzene rings is 1. The number of nitrogens with two attached hydrogens (primary N) is 1. The third-order valence-electron chi connectivity index (χ3n) is 2.52. The van der Waals surface area contributed by atoms with E-state index in [-0.39, 0.29) is 5.84 Å². The number of anilines is 1. The van der Waals surface area contributed by atoms with Gasteiger partial charge in [-0.1, -0.05) is 5.16 Å². The molecule has 7 nitrogen and oxygen atoms in total.